The van der Waals surface area contributed by atoms with Gasteiger partial charge in [0.15, 0.2) is 22.1 Å². The predicted octanol–water partition coefficient (Wildman–Crippen LogP) is 3.03. The van der Waals surface area contributed by atoms with E-state index in [1.807, 2.05) is 41.5 Å². The molecule has 2 aromatic rings. The second kappa shape index (κ2) is 11.4. The number of thiol groups is 1. The highest BCUT2D eigenvalue weighted by atomic mass is 32.1. The minimum atomic E-state index is -0.454. The molecule has 1 fully saturated rings. The number of aromatic nitrogens is 1. The van der Waals surface area contributed by atoms with Gasteiger partial charge in [0, 0.05) is 43.8 Å². The zero-order valence-corrected chi connectivity index (χ0v) is 22.3. The van der Waals surface area contributed by atoms with E-state index in [2.05, 4.69) is 40.4 Å². The molecule has 3 heterocycles. The number of nitrogens with one attached hydrogen (secondary N) is 2. The number of hydrogen-bond donors (Lipinski definition) is 3. The first-order valence-electron chi connectivity index (χ1n) is 11.8. The molecular weight excluding hydrogens is 499 g/mol. The van der Waals surface area contributed by atoms with Gasteiger partial charge < -0.3 is 24.4 Å². The summed E-state index contributed by atoms with van der Waals surface area (Å²) in [6, 6.07) is 1.29. The molecule has 1 aromatic carbocycles. The smallest absolute Gasteiger partial charge is 0.198 e. The third-order valence-corrected chi connectivity index (χ3v) is 6.83. The first-order valence-corrected chi connectivity index (χ1v) is 12.9. The number of anilines is 1. The number of pyridine rings is 1. The van der Waals surface area contributed by atoms with Crippen LogP contribution in [0.15, 0.2) is 46.1 Å². The van der Waals surface area contributed by atoms with Crippen molar-refractivity contribution in [3.8, 4) is 5.75 Å². The average molecular weight is 531 g/mol. The fourth-order valence-corrected chi connectivity index (χ4v) is 4.70. The van der Waals surface area contributed by atoms with E-state index < -0.39 is 5.82 Å². The number of piperazine rings is 1. The Hall–Kier alpha value is -2.89. The molecular formula is C25H31FN6O2S2. The van der Waals surface area contributed by atoms with Gasteiger partial charge >= 0.3 is 0 Å². The molecule has 192 valence electrons. The fraction of sp³-hybridized carbons (Fsp3) is 0.400. The zero-order valence-electron chi connectivity index (χ0n) is 20.6. The molecule has 0 radical (unpaired) electrons. The lowest BCUT2D eigenvalue weighted by Gasteiger charge is -2.37. The number of thiocarbonyl (C=S) groups is 1. The average Bonchev–Trinajstić information content (AvgIpc) is 2.86. The van der Waals surface area contributed by atoms with E-state index in [0.717, 1.165) is 18.8 Å². The third kappa shape index (κ3) is 5.42. The third-order valence-electron chi connectivity index (χ3n) is 6.29. The Balaban J connectivity index is 1.66. The van der Waals surface area contributed by atoms with Gasteiger partial charge in [0.2, 0.25) is 0 Å². The van der Waals surface area contributed by atoms with Gasteiger partial charge in [-0.3, -0.25) is 10.2 Å². The van der Waals surface area contributed by atoms with Crippen LogP contribution in [0.3, 0.4) is 0 Å². The summed E-state index contributed by atoms with van der Waals surface area (Å²) in [5.74, 6) is 0.448. The molecule has 11 heteroatoms. The Morgan fingerprint density at radius 1 is 1.36 bits per heavy atom. The summed E-state index contributed by atoms with van der Waals surface area (Å²) in [6.45, 7) is 7.34. The maximum atomic E-state index is 15.4. The van der Waals surface area contributed by atoms with Gasteiger partial charge in [0.05, 0.1) is 28.7 Å². The van der Waals surface area contributed by atoms with Crippen LogP contribution < -0.4 is 25.8 Å². The van der Waals surface area contributed by atoms with Crippen molar-refractivity contribution < 1.29 is 9.13 Å². The highest BCUT2D eigenvalue weighted by molar-refractivity contribution is 7.80. The Morgan fingerprint density at radius 3 is 2.81 bits per heavy atom. The zero-order chi connectivity index (χ0) is 25.8. The standard InChI is InChI=1S/C25H31FN6O2S2/c1-4-5-6-18(15-35)28-25(36)29-27-12-17-13-32-16(2)14-34-24-21(32)19(23(17)33)11-20(26)22(24)31-9-7-30(3)8-10-31/h4-6,11-13,16,35H,7-10,14-15H2,1-3H3,(H2,28,29,36)/b5-4-,18-6+,27-12+. The minimum Gasteiger partial charge on any atom is -0.487 e. The summed E-state index contributed by atoms with van der Waals surface area (Å²) in [7, 11) is 2.05. The van der Waals surface area contributed by atoms with Gasteiger partial charge in [-0.2, -0.15) is 17.7 Å². The van der Waals surface area contributed by atoms with Crippen LogP contribution in [0.5, 0.6) is 5.75 Å². The maximum Gasteiger partial charge on any atom is 0.198 e. The van der Waals surface area contributed by atoms with E-state index >= 15 is 4.39 Å². The number of likely N-dealkylation sites (N-methyl/N-ethyl adjacent to an activating group) is 1. The highest BCUT2D eigenvalue weighted by Gasteiger charge is 2.30. The number of halogens is 1. The Morgan fingerprint density at radius 2 is 2.11 bits per heavy atom. The van der Waals surface area contributed by atoms with Gasteiger partial charge in [0.25, 0.3) is 0 Å². The van der Waals surface area contributed by atoms with Crippen molar-refractivity contribution in [3.63, 3.8) is 0 Å². The van der Waals surface area contributed by atoms with Crippen LogP contribution in [0.25, 0.3) is 10.9 Å². The quantitative estimate of drug-likeness (QED) is 0.174. The normalized spacial score (nSPS) is 18.8. The van der Waals surface area contributed by atoms with Crippen LogP contribution in [-0.2, 0) is 0 Å². The Kier molecular flexibility index (Phi) is 8.32. The molecule has 1 unspecified atom stereocenters. The minimum absolute atomic E-state index is 0.0380. The number of rotatable bonds is 6. The molecule has 1 atom stereocenters. The van der Waals surface area contributed by atoms with Crippen molar-refractivity contribution in [2.45, 2.75) is 19.9 Å². The molecule has 1 aromatic heterocycles. The Bertz CT molecular complexity index is 1300. The molecule has 0 spiro atoms. The second-order valence-electron chi connectivity index (χ2n) is 8.90. The number of ether oxygens (including phenoxy) is 1. The van der Waals surface area contributed by atoms with E-state index in [0.29, 0.717) is 48.0 Å². The van der Waals surface area contributed by atoms with Crippen molar-refractivity contribution in [3.05, 3.63) is 57.8 Å². The van der Waals surface area contributed by atoms with Gasteiger partial charge in [-0.1, -0.05) is 12.2 Å². The van der Waals surface area contributed by atoms with Crippen LogP contribution >= 0.6 is 24.8 Å². The molecule has 0 saturated carbocycles. The first-order chi connectivity index (χ1) is 17.3. The van der Waals surface area contributed by atoms with E-state index in [9.17, 15) is 4.79 Å². The molecule has 0 aliphatic carbocycles. The number of benzene rings is 1. The van der Waals surface area contributed by atoms with Crippen molar-refractivity contribution in [1.82, 2.24) is 20.2 Å². The first kappa shape index (κ1) is 26.2. The fourth-order valence-electron chi connectivity index (χ4n) is 4.33. The van der Waals surface area contributed by atoms with E-state index in [4.69, 9.17) is 17.0 Å². The lowest BCUT2D eigenvalue weighted by atomic mass is 10.1. The van der Waals surface area contributed by atoms with E-state index in [1.54, 1.807) is 6.20 Å². The molecule has 8 nitrogen and oxygen atoms in total. The van der Waals surface area contributed by atoms with Gasteiger partial charge in [-0.05, 0) is 45.3 Å². The van der Waals surface area contributed by atoms with Crippen LogP contribution in [0.1, 0.15) is 25.5 Å². The number of allylic oxidation sites excluding steroid dienone is 3. The predicted molar refractivity (Wildman–Crippen MR) is 151 cm³/mol. The second-order valence-corrected chi connectivity index (χ2v) is 9.63. The van der Waals surface area contributed by atoms with Gasteiger partial charge in [-0.15, -0.1) is 0 Å². The summed E-state index contributed by atoms with van der Waals surface area (Å²) in [4.78, 5) is 17.5. The molecule has 2 aliphatic rings. The van der Waals surface area contributed by atoms with Crippen LogP contribution in [0.2, 0.25) is 0 Å². The molecule has 4 rings (SSSR count). The van der Waals surface area contributed by atoms with E-state index in [-0.39, 0.29) is 22.0 Å². The molecule has 1 saturated heterocycles. The molecule has 2 aliphatic heterocycles. The lowest BCUT2D eigenvalue weighted by molar-refractivity contribution is 0.245. The van der Waals surface area contributed by atoms with Crippen molar-refractivity contribution in [2.24, 2.45) is 5.10 Å². The summed E-state index contributed by atoms with van der Waals surface area (Å²) >= 11 is 9.55. The van der Waals surface area contributed by atoms with Gasteiger partial charge in [-0.25, -0.2) is 4.39 Å². The monoisotopic (exact) mass is 530 g/mol. The van der Waals surface area contributed by atoms with Crippen molar-refractivity contribution in [1.29, 1.82) is 0 Å². The van der Waals surface area contributed by atoms with Crippen LogP contribution in [0, 0.1) is 5.82 Å². The SMILES string of the molecule is C/C=C\C=C(/CS)NC(=S)N/N=C/c1cn2c3c(c(N4CCN(C)CC4)c(F)cc3c1=O)OCC2C. The Labute approximate surface area is 220 Å². The summed E-state index contributed by atoms with van der Waals surface area (Å²) in [6.07, 6.45) is 8.79. The van der Waals surface area contributed by atoms with E-state index in [1.165, 1.54) is 12.3 Å². The lowest BCUT2D eigenvalue weighted by Crippen LogP contribution is -2.45. The maximum absolute atomic E-state index is 15.4. The van der Waals surface area contributed by atoms with Crippen LogP contribution in [0.4, 0.5) is 10.1 Å². The van der Waals surface area contributed by atoms with Gasteiger partial charge in [0.1, 0.15) is 12.3 Å². The molecule has 2 N–H and O–H groups in total. The summed E-state index contributed by atoms with van der Waals surface area (Å²) in [5, 5.41) is 7.68. The summed E-state index contributed by atoms with van der Waals surface area (Å²) < 4.78 is 23.5. The highest BCUT2D eigenvalue weighted by Crippen LogP contribution is 2.41. The number of hydrazone groups is 1. The largest absolute Gasteiger partial charge is 0.487 e. The number of nitrogens with zero attached hydrogens (tertiary/aromatic N) is 4. The van der Waals surface area contributed by atoms with Crippen LogP contribution in [-0.4, -0.2) is 66.4 Å². The van der Waals surface area contributed by atoms with Crippen molar-refractivity contribution in [2.75, 3.05) is 50.5 Å². The molecule has 36 heavy (non-hydrogen) atoms. The molecule has 0 amide bonds. The topological polar surface area (TPSA) is 74.1 Å². The molecule has 0 bridgehead atoms. The van der Waals surface area contributed by atoms with Crippen molar-refractivity contribution >= 4 is 52.8 Å². The summed E-state index contributed by atoms with van der Waals surface area (Å²) in [5.41, 5.74) is 4.57. The number of hydrogen-bond acceptors (Lipinski definition) is 7.